The highest BCUT2D eigenvalue weighted by atomic mass is 79.9. The van der Waals surface area contributed by atoms with Crippen molar-refractivity contribution >= 4 is 27.5 Å². The smallest absolute Gasteiger partial charge is 0.407 e. The highest BCUT2D eigenvalue weighted by Crippen LogP contribution is 2.29. The van der Waals surface area contributed by atoms with Crippen molar-refractivity contribution in [2.75, 3.05) is 0 Å². The summed E-state index contributed by atoms with van der Waals surface area (Å²) in [6.07, 6.45) is 3.32. The highest BCUT2D eigenvalue weighted by Gasteiger charge is 2.16. The van der Waals surface area contributed by atoms with Crippen LogP contribution in [0.5, 0.6) is 0 Å². The zero-order valence-corrected chi connectivity index (χ0v) is 16.9. The monoisotopic (exact) mass is 415 g/mol. The van der Waals surface area contributed by atoms with Gasteiger partial charge in [0, 0.05) is 22.8 Å². The summed E-state index contributed by atoms with van der Waals surface area (Å²) in [6.45, 7) is 8.02. The van der Waals surface area contributed by atoms with Crippen molar-refractivity contribution in [1.82, 2.24) is 14.9 Å². The molecule has 3 aromatic rings. The van der Waals surface area contributed by atoms with Crippen LogP contribution in [0.1, 0.15) is 31.9 Å². The molecule has 26 heavy (non-hydrogen) atoms. The highest BCUT2D eigenvalue weighted by molar-refractivity contribution is 9.10. The molecular formula is C20H22BrN3O2. The van der Waals surface area contributed by atoms with Gasteiger partial charge in [0.25, 0.3) is 0 Å². The molecule has 2 aromatic heterocycles. The number of pyridine rings is 1. The molecule has 3 rings (SSSR count). The lowest BCUT2D eigenvalue weighted by atomic mass is 9.99. The Balaban J connectivity index is 1.81. The predicted molar refractivity (Wildman–Crippen MR) is 106 cm³/mol. The van der Waals surface area contributed by atoms with Crippen molar-refractivity contribution in [2.24, 2.45) is 0 Å². The first-order valence-corrected chi connectivity index (χ1v) is 9.22. The lowest BCUT2D eigenvalue weighted by molar-refractivity contribution is 0.0523. The van der Waals surface area contributed by atoms with E-state index in [0.717, 1.165) is 32.2 Å². The van der Waals surface area contributed by atoms with Gasteiger partial charge in [0.2, 0.25) is 0 Å². The van der Waals surface area contributed by atoms with Gasteiger partial charge in [-0.3, -0.25) is 0 Å². The van der Waals surface area contributed by atoms with Crippen LogP contribution in [0, 0.1) is 6.92 Å². The van der Waals surface area contributed by atoms with Gasteiger partial charge in [0.1, 0.15) is 5.60 Å². The van der Waals surface area contributed by atoms with E-state index in [-0.39, 0.29) is 0 Å². The molecule has 0 saturated carbocycles. The lowest BCUT2D eigenvalue weighted by Crippen LogP contribution is -2.32. The summed E-state index contributed by atoms with van der Waals surface area (Å²) in [7, 11) is 0. The molecule has 2 heterocycles. The fourth-order valence-corrected chi connectivity index (χ4v) is 3.19. The Bertz CT molecular complexity index is 957. The minimum Gasteiger partial charge on any atom is -0.444 e. The van der Waals surface area contributed by atoms with Gasteiger partial charge < -0.3 is 10.1 Å². The summed E-state index contributed by atoms with van der Waals surface area (Å²) in [5, 5.41) is 7.12. The van der Waals surface area contributed by atoms with Gasteiger partial charge in [-0.05, 0) is 72.4 Å². The summed E-state index contributed by atoms with van der Waals surface area (Å²) in [5.41, 5.74) is 4.92. The van der Waals surface area contributed by atoms with Crippen molar-refractivity contribution in [3.8, 4) is 11.1 Å². The molecule has 0 spiro atoms. The molecule has 0 fully saturated rings. The van der Waals surface area contributed by atoms with Gasteiger partial charge in [-0.1, -0.05) is 18.2 Å². The molecule has 0 aliphatic heterocycles. The Morgan fingerprint density at radius 1 is 1.27 bits per heavy atom. The number of carbonyl (C=O) groups excluding carboxylic acids is 1. The fraction of sp³-hybridized carbons (Fsp3) is 0.300. The molecule has 5 nitrogen and oxygen atoms in total. The van der Waals surface area contributed by atoms with E-state index in [2.05, 4.69) is 44.5 Å². The number of alkyl carbamates (subject to hydrolysis) is 1. The largest absolute Gasteiger partial charge is 0.444 e. The quantitative estimate of drug-likeness (QED) is 0.647. The first-order valence-electron chi connectivity index (χ1n) is 8.42. The van der Waals surface area contributed by atoms with Gasteiger partial charge in [0.05, 0.1) is 11.7 Å². The van der Waals surface area contributed by atoms with Crippen molar-refractivity contribution < 1.29 is 9.53 Å². The maximum absolute atomic E-state index is 11.8. The van der Waals surface area contributed by atoms with Crippen LogP contribution in [0.25, 0.3) is 16.6 Å². The van der Waals surface area contributed by atoms with E-state index in [4.69, 9.17) is 4.74 Å². The Hall–Kier alpha value is -2.34. The number of aromatic nitrogens is 2. The van der Waals surface area contributed by atoms with Crippen LogP contribution in [0.2, 0.25) is 0 Å². The zero-order valence-electron chi connectivity index (χ0n) is 15.3. The molecule has 136 valence electrons. The number of ether oxygens (including phenoxy) is 1. The van der Waals surface area contributed by atoms with Crippen LogP contribution in [0.15, 0.2) is 47.2 Å². The van der Waals surface area contributed by atoms with E-state index in [1.54, 1.807) is 6.20 Å². The minimum atomic E-state index is -0.500. The van der Waals surface area contributed by atoms with Gasteiger partial charge >= 0.3 is 6.09 Å². The van der Waals surface area contributed by atoms with Crippen LogP contribution in [-0.2, 0) is 11.3 Å². The van der Waals surface area contributed by atoms with Crippen molar-refractivity contribution in [1.29, 1.82) is 0 Å². The number of aryl methyl sites for hydroxylation is 1. The van der Waals surface area contributed by atoms with E-state index in [0.29, 0.717) is 6.54 Å². The number of benzene rings is 1. The number of fused-ring (bicyclic) bond motifs is 1. The van der Waals surface area contributed by atoms with Gasteiger partial charge in [0.15, 0.2) is 0 Å². The average Bonchev–Trinajstić information content (AvgIpc) is 2.99. The molecule has 0 aliphatic carbocycles. The number of rotatable bonds is 3. The number of halogens is 1. The van der Waals surface area contributed by atoms with Gasteiger partial charge in [-0.2, -0.15) is 5.10 Å². The van der Waals surface area contributed by atoms with E-state index in [1.165, 1.54) is 0 Å². The summed E-state index contributed by atoms with van der Waals surface area (Å²) in [6, 6.07) is 10.3. The Labute approximate surface area is 161 Å². The number of hydrogen-bond donors (Lipinski definition) is 1. The van der Waals surface area contributed by atoms with Crippen LogP contribution in [0.3, 0.4) is 0 Å². The van der Waals surface area contributed by atoms with Crippen LogP contribution in [0.4, 0.5) is 4.79 Å². The fourth-order valence-electron chi connectivity index (χ4n) is 2.77. The molecule has 1 aromatic carbocycles. The summed E-state index contributed by atoms with van der Waals surface area (Å²) in [4.78, 5) is 11.8. The van der Waals surface area contributed by atoms with Crippen LogP contribution in [-0.4, -0.2) is 21.3 Å². The topological polar surface area (TPSA) is 55.6 Å². The van der Waals surface area contributed by atoms with E-state index in [1.807, 2.05) is 50.5 Å². The second kappa shape index (κ2) is 7.11. The third-order valence-electron chi connectivity index (χ3n) is 3.95. The first kappa shape index (κ1) is 18.5. The van der Waals surface area contributed by atoms with Crippen LogP contribution >= 0.6 is 15.9 Å². The maximum atomic E-state index is 11.8. The molecule has 0 unspecified atom stereocenters. The molecule has 0 saturated heterocycles. The van der Waals surface area contributed by atoms with Gasteiger partial charge in [-0.25, -0.2) is 9.31 Å². The third kappa shape index (κ3) is 4.25. The molecule has 0 aliphatic rings. The predicted octanol–water partition coefficient (Wildman–Crippen LogP) is 5.10. The molecule has 0 radical (unpaired) electrons. The Morgan fingerprint density at radius 2 is 2.04 bits per heavy atom. The molecule has 6 heteroatoms. The molecule has 0 atom stereocenters. The molecular weight excluding hydrogens is 394 g/mol. The van der Waals surface area contributed by atoms with Crippen molar-refractivity contribution in [3.05, 3.63) is 58.3 Å². The van der Waals surface area contributed by atoms with Crippen molar-refractivity contribution in [3.63, 3.8) is 0 Å². The minimum absolute atomic E-state index is 0.408. The molecule has 0 bridgehead atoms. The number of hydrogen-bond acceptors (Lipinski definition) is 3. The standard InChI is InChI=1S/C20H22BrN3O2/c1-13-9-14(17-10-16(21)12-24-18(17)7-8-23-24)5-6-15(13)11-22-19(25)26-20(2,3)4/h5-10,12H,11H2,1-4H3,(H,22,25). The number of nitrogens with zero attached hydrogens (tertiary/aromatic N) is 2. The summed E-state index contributed by atoms with van der Waals surface area (Å²) < 4.78 is 8.10. The summed E-state index contributed by atoms with van der Waals surface area (Å²) >= 11 is 3.54. The second-order valence-electron chi connectivity index (χ2n) is 7.23. The SMILES string of the molecule is Cc1cc(-c2cc(Br)cn3nccc23)ccc1CNC(=O)OC(C)(C)C. The maximum Gasteiger partial charge on any atom is 0.407 e. The third-order valence-corrected chi connectivity index (χ3v) is 4.38. The van der Waals surface area contributed by atoms with Gasteiger partial charge in [-0.15, -0.1) is 0 Å². The number of carbonyl (C=O) groups is 1. The first-order chi connectivity index (χ1) is 12.2. The van der Waals surface area contributed by atoms with E-state index >= 15 is 0 Å². The normalized spacial score (nSPS) is 11.6. The Kier molecular flexibility index (Phi) is 5.05. The number of amides is 1. The van der Waals surface area contributed by atoms with Crippen molar-refractivity contribution in [2.45, 2.75) is 39.8 Å². The second-order valence-corrected chi connectivity index (χ2v) is 8.15. The Morgan fingerprint density at radius 3 is 2.73 bits per heavy atom. The molecule has 1 N–H and O–H groups in total. The van der Waals surface area contributed by atoms with E-state index < -0.39 is 11.7 Å². The number of nitrogens with one attached hydrogen (secondary N) is 1. The van der Waals surface area contributed by atoms with E-state index in [9.17, 15) is 4.79 Å². The summed E-state index contributed by atoms with van der Waals surface area (Å²) in [5.74, 6) is 0. The lowest BCUT2D eigenvalue weighted by Gasteiger charge is -2.20. The van der Waals surface area contributed by atoms with Crippen LogP contribution < -0.4 is 5.32 Å². The zero-order chi connectivity index (χ0) is 18.9. The average molecular weight is 416 g/mol. The molecule has 1 amide bonds.